The number of hydrogen-bond donors (Lipinski definition) is 3. The second-order valence-corrected chi connectivity index (χ2v) is 9.22. The van der Waals surface area contributed by atoms with E-state index in [9.17, 15) is 18.0 Å². The summed E-state index contributed by atoms with van der Waals surface area (Å²) in [5, 5.41) is 1.86. The first-order valence-corrected chi connectivity index (χ1v) is 10.9. The van der Waals surface area contributed by atoms with Crippen LogP contribution in [0.25, 0.3) is 0 Å². The molecule has 1 aromatic rings. The standard InChI is InChI=1S/C18H26N4O4S/c19-18(24)20-14-9-7-13(8-10-14)17(23)22-11-3-6-16(12-22)27(25,26)21-15-4-1-2-5-15/h7-10,15-16,21H,1-6,11-12H2,(H3,19,20,24)/t16-/m0/s1. The Hall–Kier alpha value is -2.13. The molecule has 148 valence electrons. The summed E-state index contributed by atoms with van der Waals surface area (Å²) in [7, 11) is -3.44. The molecule has 8 nitrogen and oxygen atoms in total. The van der Waals surface area contributed by atoms with E-state index in [4.69, 9.17) is 5.73 Å². The Bertz CT molecular complexity index is 788. The van der Waals surface area contributed by atoms with Gasteiger partial charge < -0.3 is 16.0 Å². The molecule has 4 N–H and O–H groups in total. The number of nitrogens with zero attached hydrogens (tertiary/aromatic N) is 1. The van der Waals surface area contributed by atoms with Crippen molar-refractivity contribution in [2.75, 3.05) is 18.4 Å². The molecule has 1 saturated carbocycles. The van der Waals surface area contributed by atoms with Gasteiger partial charge in [-0.15, -0.1) is 0 Å². The van der Waals surface area contributed by atoms with Gasteiger partial charge in [-0.1, -0.05) is 12.8 Å². The zero-order valence-electron chi connectivity index (χ0n) is 15.2. The highest BCUT2D eigenvalue weighted by molar-refractivity contribution is 7.90. The quantitative estimate of drug-likeness (QED) is 0.703. The first-order valence-electron chi connectivity index (χ1n) is 9.32. The number of rotatable bonds is 5. The van der Waals surface area contributed by atoms with Gasteiger partial charge >= 0.3 is 6.03 Å². The normalized spacial score (nSPS) is 21.2. The number of sulfonamides is 1. The molecule has 0 aromatic heterocycles. The van der Waals surface area contributed by atoms with Crippen molar-refractivity contribution in [3.8, 4) is 0 Å². The van der Waals surface area contributed by atoms with E-state index in [0.29, 0.717) is 30.6 Å². The Morgan fingerprint density at radius 1 is 1.04 bits per heavy atom. The maximum atomic E-state index is 12.7. The summed E-state index contributed by atoms with van der Waals surface area (Å²) in [5.41, 5.74) is 6.02. The van der Waals surface area contributed by atoms with Crippen molar-refractivity contribution in [3.05, 3.63) is 29.8 Å². The van der Waals surface area contributed by atoms with Crippen molar-refractivity contribution < 1.29 is 18.0 Å². The van der Waals surface area contributed by atoms with E-state index in [1.807, 2.05) is 0 Å². The number of anilines is 1. The summed E-state index contributed by atoms with van der Waals surface area (Å²) < 4.78 is 28.2. The van der Waals surface area contributed by atoms with Gasteiger partial charge in [0.25, 0.3) is 5.91 Å². The fourth-order valence-electron chi connectivity index (χ4n) is 3.77. The SMILES string of the molecule is NC(=O)Nc1ccc(C(=O)N2CCC[C@H](S(=O)(=O)NC3CCCC3)C2)cc1. The molecule has 3 amide bonds. The van der Waals surface area contributed by atoms with Gasteiger partial charge in [-0.25, -0.2) is 17.9 Å². The summed E-state index contributed by atoms with van der Waals surface area (Å²) in [6, 6.07) is 5.75. The summed E-state index contributed by atoms with van der Waals surface area (Å²) in [4.78, 5) is 25.2. The average molecular weight is 394 g/mol. The van der Waals surface area contributed by atoms with Crippen molar-refractivity contribution in [2.24, 2.45) is 5.73 Å². The largest absolute Gasteiger partial charge is 0.351 e. The summed E-state index contributed by atoms with van der Waals surface area (Å²) >= 11 is 0. The highest BCUT2D eigenvalue weighted by atomic mass is 32.2. The molecular formula is C18H26N4O4S. The Kier molecular flexibility index (Phi) is 6.01. The van der Waals surface area contributed by atoms with E-state index in [1.165, 1.54) is 0 Å². The van der Waals surface area contributed by atoms with E-state index in [-0.39, 0.29) is 18.5 Å². The van der Waals surface area contributed by atoms with Gasteiger partial charge in [0.15, 0.2) is 0 Å². The van der Waals surface area contributed by atoms with Crippen LogP contribution in [-0.4, -0.2) is 49.6 Å². The number of benzene rings is 1. The van der Waals surface area contributed by atoms with Gasteiger partial charge in [0.05, 0.1) is 5.25 Å². The molecule has 1 atom stereocenters. The molecular weight excluding hydrogens is 368 g/mol. The smallest absolute Gasteiger partial charge is 0.316 e. The first-order chi connectivity index (χ1) is 12.8. The highest BCUT2D eigenvalue weighted by Crippen LogP contribution is 2.23. The van der Waals surface area contributed by atoms with Crippen molar-refractivity contribution in [1.82, 2.24) is 9.62 Å². The van der Waals surface area contributed by atoms with E-state index in [2.05, 4.69) is 10.0 Å². The highest BCUT2D eigenvalue weighted by Gasteiger charge is 2.34. The molecule has 2 fully saturated rings. The number of piperidine rings is 1. The number of hydrogen-bond acceptors (Lipinski definition) is 4. The second-order valence-electron chi connectivity index (χ2n) is 7.23. The van der Waals surface area contributed by atoms with Crippen LogP contribution in [0.3, 0.4) is 0 Å². The third-order valence-corrected chi connectivity index (χ3v) is 7.11. The van der Waals surface area contributed by atoms with Crippen molar-refractivity contribution in [2.45, 2.75) is 49.8 Å². The summed E-state index contributed by atoms with van der Waals surface area (Å²) in [6.07, 6.45) is 5.11. The molecule has 1 heterocycles. The zero-order valence-corrected chi connectivity index (χ0v) is 16.0. The summed E-state index contributed by atoms with van der Waals surface area (Å²) in [5.74, 6) is -0.207. The van der Waals surface area contributed by atoms with Gasteiger partial charge in [-0.05, 0) is 49.9 Å². The van der Waals surface area contributed by atoms with Crippen LogP contribution >= 0.6 is 0 Å². The van der Waals surface area contributed by atoms with Crippen molar-refractivity contribution in [1.29, 1.82) is 0 Å². The van der Waals surface area contributed by atoms with Gasteiger partial charge in [0.2, 0.25) is 10.0 Å². The maximum absolute atomic E-state index is 12.7. The van der Waals surface area contributed by atoms with E-state index in [0.717, 1.165) is 25.7 Å². The minimum atomic E-state index is -3.44. The fraction of sp³-hybridized carbons (Fsp3) is 0.556. The van der Waals surface area contributed by atoms with Crippen LogP contribution < -0.4 is 15.8 Å². The van der Waals surface area contributed by atoms with Crippen LogP contribution in [-0.2, 0) is 10.0 Å². The van der Waals surface area contributed by atoms with Crippen LogP contribution in [0.4, 0.5) is 10.5 Å². The third kappa shape index (κ3) is 4.98. The van der Waals surface area contributed by atoms with Crippen LogP contribution in [0.1, 0.15) is 48.9 Å². The maximum Gasteiger partial charge on any atom is 0.316 e. The Balaban J connectivity index is 1.64. The van der Waals surface area contributed by atoms with Crippen LogP contribution in [0.15, 0.2) is 24.3 Å². The molecule has 1 aliphatic heterocycles. The minimum Gasteiger partial charge on any atom is -0.351 e. The monoisotopic (exact) mass is 394 g/mol. The van der Waals surface area contributed by atoms with Crippen molar-refractivity contribution >= 4 is 27.6 Å². The Morgan fingerprint density at radius 2 is 1.70 bits per heavy atom. The lowest BCUT2D eigenvalue weighted by atomic mass is 10.1. The molecule has 3 rings (SSSR count). The molecule has 9 heteroatoms. The van der Waals surface area contributed by atoms with E-state index < -0.39 is 21.3 Å². The molecule has 1 saturated heterocycles. The molecule has 1 aromatic carbocycles. The average Bonchev–Trinajstić information content (AvgIpc) is 3.14. The van der Waals surface area contributed by atoms with Crippen LogP contribution in [0.2, 0.25) is 0 Å². The Labute approximate surface area is 159 Å². The lowest BCUT2D eigenvalue weighted by Gasteiger charge is -2.33. The van der Waals surface area contributed by atoms with E-state index >= 15 is 0 Å². The summed E-state index contributed by atoms with van der Waals surface area (Å²) in [6.45, 7) is 0.734. The van der Waals surface area contributed by atoms with Gasteiger partial charge in [-0.3, -0.25) is 4.79 Å². The van der Waals surface area contributed by atoms with Crippen LogP contribution in [0, 0.1) is 0 Å². The molecule has 0 spiro atoms. The topological polar surface area (TPSA) is 122 Å². The van der Waals surface area contributed by atoms with Gasteiger partial charge in [-0.2, -0.15) is 0 Å². The lowest BCUT2D eigenvalue weighted by Crippen LogP contribution is -2.49. The molecule has 0 radical (unpaired) electrons. The predicted octanol–water partition coefficient (Wildman–Crippen LogP) is 1.64. The zero-order chi connectivity index (χ0) is 19.4. The molecule has 27 heavy (non-hydrogen) atoms. The number of nitrogens with one attached hydrogen (secondary N) is 2. The number of carbonyl (C=O) groups is 2. The van der Waals surface area contributed by atoms with Gasteiger partial charge in [0, 0.05) is 30.4 Å². The second kappa shape index (κ2) is 8.26. The minimum absolute atomic E-state index is 0.0337. The first kappa shape index (κ1) is 19.6. The number of primary amides is 1. The van der Waals surface area contributed by atoms with Crippen LogP contribution in [0.5, 0.6) is 0 Å². The molecule has 0 unspecified atom stereocenters. The molecule has 2 aliphatic rings. The number of amides is 3. The number of urea groups is 1. The molecule has 1 aliphatic carbocycles. The predicted molar refractivity (Wildman–Crippen MR) is 103 cm³/mol. The third-order valence-electron chi connectivity index (χ3n) is 5.19. The van der Waals surface area contributed by atoms with E-state index in [1.54, 1.807) is 29.2 Å². The molecule has 0 bridgehead atoms. The number of carbonyl (C=O) groups excluding carboxylic acids is 2. The number of nitrogens with two attached hydrogens (primary N) is 1. The fourth-order valence-corrected chi connectivity index (χ4v) is 5.52. The van der Waals surface area contributed by atoms with Crippen molar-refractivity contribution in [3.63, 3.8) is 0 Å². The van der Waals surface area contributed by atoms with Gasteiger partial charge in [0.1, 0.15) is 0 Å². The lowest BCUT2D eigenvalue weighted by molar-refractivity contribution is 0.0726. The Morgan fingerprint density at radius 3 is 2.33 bits per heavy atom. The number of likely N-dealkylation sites (tertiary alicyclic amines) is 1.